The zero-order valence-electron chi connectivity index (χ0n) is 11.9. The number of carboxylic acid groups (broad SMARTS) is 1. The summed E-state index contributed by atoms with van der Waals surface area (Å²) in [5.41, 5.74) is 0. The van der Waals surface area contributed by atoms with Gasteiger partial charge in [-0.3, -0.25) is 9.59 Å². The molecule has 0 aliphatic carbocycles. The molecule has 106 valence electrons. The fourth-order valence-corrected chi connectivity index (χ4v) is 1.68. The Kier molecular flexibility index (Phi) is 8.37. The number of nitrogens with one attached hydrogen (secondary N) is 1. The highest BCUT2D eigenvalue weighted by molar-refractivity contribution is 5.84. The van der Waals surface area contributed by atoms with Crippen LogP contribution in [0, 0.1) is 11.8 Å². The number of hydrogen-bond acceptors (Lipinski definition) is 3. The van der Waals surface area contributed by atoms with E-state index in [9.17, 15) is 9.59 Å². The molecule has 0 aromatic rings. The second-order valence-electron chi connectivity index (χ2n) is 4.64. The third-order valence-corrected chi connectivity index (χ3v) is 3.27. The molecule has 0 aromatic heterocycles. The summed E-state index contributed by atoms with van der Waals surface area (Å²) in [7, 11) is 0. The summed E-state index contributed by atoms with van der Waals surface area (Å²) in [6, 6.07) is 0. The molecule has 0 aliphatic heterocycles. The Morgan fingerprint density at radius 2 is 1.78 bits per heavy atom. The summed E-state index contributed by atoms with van der Waals surface area (Å²) in [5.74, 6) is -2.26. The Hall–Kier alpha value is -1.10. The van der Waals surface area contributed by atoms with E-state index in [1.165, 1.54) is 0 Å². The van der Waals surface area contributed by atoms with Crippen molar-refractivity contribution in [1.82, 2.24) is 10.2 Å². The number of carboxylic acids is 1. The van der Waals surface area contributed by atoms with Crippen molar-refractivity contribution < 1.29 is 14.7 Å². The van der Waals surface area contributed by atoms with Gasteiger partial charge in [0.05, 0.1) is 5.92 Å². The number of rotatable bonds is 9. The van der Waals surface area contributed by atoms with Crippen LogP contribution >= 0.6 is 0 Å². The average Bonchev–Trinajstić information content (AvgIpc) is 2.35. The molecule has 18 heavy (non-hydrogen) atoms. The minimum Gasteiger partial charge on any atom is -0.481 e. The van der Waals surface area contributed by atoms with Crippen molar-refractivity contribution in [3.8, 4) is 0 Å². The number of amides is 1. The normalized spacial score (nSPS) is 14.3. The maximum absolute atomic E-state index is 11.7. The first-order valence-corrected chi connectivity index (χ1v) is 6.66. The molecular formula is C13H26N2O3. The van der Waals surface area contributed by atoms with Crippen molar-refractivity contribution in [3.05, 3.63) is 0 Å². The lowest BCUT2D eigenvalue weighted by Gasteiger charge is -2.21. The van der Waals surface area contributed by atoms with Crippen LogP contribution in [0.5, 0.6) is 0 Å². The second kappa shape index (κ2) is 8.91. The highest BCUT2D eigenvalue weighted by Gasteiger charge is 2.25. The quantitative estimate of drug-likeness (QED) is 0.652. The van der Waals surface area contributed by atoms with Gasteiger partial charge in [-0.2, -0.15) is 0 Å². The first-order valence-electron chi connectivity index (χ1n) is 6.66. The zero-order chi connectivity index (χ0) is 14.1. The Labute approximate surface area is 110 Å². The largest absolute Gasteiger partial charge is 0.481 e. The summed E-state index contributed by atoms with van der Waals surface area (Å²) >= 11 is 0. The minimum absolute atomic E-state index is 0.183. The average molecular weight is 258 g/mol. The first kappa shape index (κ1) is 16.9. The number of carbonyl (C=O) groups excluding carboxylic acids is 1. The Balaban J connectivity index is 3.99. The van der Waals surface area contributed by atoms with E-state index in [0.717, 1.165) is 26.1 Å². The van der Waals surface area contributed by atoms with E-state index < -0.39 is 17.8 Å². The Bertz CT molecular complexity index is 269. The zero-order valence-corrected chi connectivity index (χ0v) is 11.9. The number of aliphatic carboxylic acids is 1. The van der Waals surface area contributed by atoms with Gasteiger partial charge in [0.25, 0.3) is 0 Å². The van der Waals surface area contributed by atoms with Gasteiger partial charge < -0.3 is 15.3 Å². The SMILES string of the molecule is CCCN(CC)CCNC(=O)C(C)C(C)C(=O)O. The molecule has 0 fully saturated rings. The number of hydrogen-bond donors (Lipinski definition) is 2. The molecule has 2 atom stereocenters. The molecule has 0 radical (unpaired) electrons. The lowest BCUT2D eigenvalue weighted by atomic mass is 9.95. The Morgan fingerprint density at radius 3 is 2.22 bits per heavy atom. The van der Waals surface area contributed by atoms with E-state index in [2.05, 4.69) is 24.1 Å². The van der Waals surface area contributed by atoms with Crippen LogP contribution in [0.1, 0.15) is 34.1 Å². The van der Waals surface area contributed by atoms with Gasteiger partial charge in [-0.1, -0.05) is 27.7 Å². The third kappa shape index (κ3) is 6.00. The van der Waals surface area contributed by atoms with E-state index in [1.54, 1.807) is 13.8 Å². The van der Waals surface area contributed by atoms with E-state index >= 15 is 0 Å². The van der Waals surface area contributed by atoms with Crippen LogP contribution in [-0.4, -0.2) is 48.1 Å². The lowest BCUT2D eigenvalue weighted by Crippen LogP contribution is -2.40. The molecule has 2 unspecified atom stereocenters. The highest BCUT2D eigenvalue weighted by atomic mass is 16.4. The van der Waals surface area contributed by atoms with Crippen LogP contribution in [0.2, 0.25) is 0 Å². The van der Waals surface area contributed by atoms with Crippen LogP contribution in [0.15, 0.2) is 0 Å². The van der Waals surface area contributed by atoms with Crippen molar-refractivity contribution in [2.75, 3.05) is 26.2 Å². The maximum Gasteiger partial charge on any atom is 0.307 e. The predicted octanol–water partition coefficient (Wildman–Crippen LogP) is 1.19. The topological polar surface area (TPSA) is 69.6 Å². The molecule has 0 rings (SSSR count). The van der Waals surface area contributed by atoms with Gasteiger partial charge in [-0.15, -0.1) is 0 Å². The highest BCUT2D eigenvalue weighted by Crippen LogP contribution is 2.10. The molecule has 0 aromatic carbocycles. The summed E-state index contributed by atoms with van der Waals surface area (Å²) in [4.78, 5) is 24.7. The summed E-state index contributed by atoms with van der Waals surface area (Å²) in [6.45, 7) is 10.8. The molecule has 5 nitrogen and oxygen atoms in total. The molecule has 0 spiro atoms. The molecule has 0 saturated carbocycles. The van der Waals surface area contributed by atoms with E-state index in [4.69, 9.17) is 5.11 Å². The van der Waals surface area contributed by atoms with Crippen LogP contribution in [0.3, 0.4) is 0 Å². The smallest absolute Gasteiger partial charge is 0.307 e. The van der Waals surface area contributed by atoms with Gasteiger partial charge >= 0.3 is 5.97 Å². The summed E-state index contributed by atoms with van der Waals surface area (Å²) in [6.07, 6.45) is 1.09. The van der Waals surface area contributed by atoms with E-state index in [-0.39, 0.29) is 5.91 Å². The fraction of sp³-hybridized carbons (Fsp3) is 0.846. The molecule has 0 aliphatic rings. The summed E-state index contributed by atoms with van der Waals surface area (Å²) < 4.78 is 0. The number of nitrogens with zero attached hydrogens (tertiary/aromatic N) is 1. The molecular weight excluding hydrogens is 232 g/mol. The van der Waals surface area contributed by atoms with Crippen LogP contribution in [0.25, 0.3) is 0 Å². The molecule has 5 heteroatoms. The lowest BCUT2D eigenvalue weighted by molar-refractivity contribution is -0.146. The molecule has 0 heterocycles. The monoisotopic (exact) mass is 258 g/mol. The van der Waals surface area contributed by atoms with Crippen LogP contribution < -0.4 is 5.32 Å². The van der Waals surface area contributed by atoms with E-state index in [1.807, 2.05) is 0 Å². The van der Waals surface area contributed by atoms with Gasteiger partial charge in [-0.25, -0.2) is 0 Å². The second-order valence-corrected chi connectivity index (χ2v) is 4.64. The van der Waals surface area contributed by atoms with Crippen molar-refractivity contribution in [2.45, 2.75) is 34.1 Å². The molecule has 0 bridgehead atoms. The minimum atomic E-state index is -0.932. The molecule has 2 N–H and O–H groups in total. The van der Waals surface area contributed by atoms with Crippen LogP contribution in [-0.2, 0) is 9.59 Å². The van der Waals surface area contributed by atoms with Crippen LogP contribution in [0.4, 0.5) is 0 Å². The Morgan fingerprint density at radius 1 is 1.17 bits per heavy atom. The van der Waals surface area contributed by atoms with Gasteiger partial charge in [-0.05, 0) is 19.5 Å². The van der Waals surface area contributed by atoms with Gasteiger partial charge in [0, 0.05) is 19.0 Å². The van der Waals surface area contributed by atoms with E-state index in [0.29, 0.717) is 6.54 Å². The van der Waals surface area contributed by atoms with Crippen molar-refractivity contribution in [1.29, 1.82) is 0 Å². The van der Waals surface area contributed by atoms with Gasteiger partial charge in [0.15, 0.2) is 0 Å². The third-order valence-electron chi connectivity index (χ3n) is 3.27. The molecule has 1 amide bonds. The predicted molar refractivity (Wildman–Crippen MR) is 71.4 cm³/mol. The molecule has 0 saturated heterocycles. The van der Waals surface area contributed by atoms with Crippen molar-refractivity contribution in [2.24, 2.45) is 11.8 Å². The fourth-order valence-electron chi connectivity index (χ4n) is 1.68. The van der Waals surface area contributed by atoms with Crippen molar-refractivity contribution >= 4 is 11.9 Å². The van der Waals surface area contributed by atoms with Gasteiger partial charge in [0.2, 0.25) is 5.91 Å². The van der Waals surface area contributed by atoms with Crippen molar-refractivity contribution in [3.63, 3.8) is 0 Å². The standard InChI is InChI=1S/C13H26N2O3/c1-5-8-15(6-2)9-7-14-12(16)10(3)11(4)13(17)18/h10-11H,5-9H2,1-4H3,(H,14,16)(H,17,18). The first-order chi connectivity index (χ1) is 8.43. The summed E-state index contributed by atoms with van der Waals surface area (Å²) in [5, 5.41) is 11.6. The number of carbonyl (C=O) groups is 2. The van der Waals surface area contributed by atoms with Gasteiger partial charge in [0.1, 0.15) is 0 Å². The number of likely N-dealkylation sites (N-methyl/N-ethyl adjacent to an activating group) is 1. The maximum atomic E-state index is 11.7.